The van der Waals surface area contributed by atoms with Crippen molar-refractivity contribution < 1.29 is 9.59 Å². The molecule has 0 radical (unpaired) electrons. The summed E-state index contributed by atoms with van der Waals surface area (Å²) in [5.74, 6) is 2.04. The van der Waals surface area contributed by atoms with Crippen LogP contribution in [0.15, 0.2) is 24.3 Å². The minimum Gasteiger partial charge on any atom is -0.336 e. The lowest BCUT2D eigenvalue weighted by molar-refractivity contribution is -0.134. The zero-order valence-corrected chi connectivity index (χ0v) is 14.8. The molecule has 2 fully saturated rings. The van der Waals surface area contributed by atoms with Crippen LogP contribution in [-0.4, -0.2) is 65.2 Å². The molecule has 1 aliphatic carbocycles. The Balaban J connectivity index is 1.52. The molecule has 0 saturated carbocycles. The number of thioether (sulfide) groups is 1. The van der Waals surface area contributed by atoms with E-state index in [9.17, 15) is 9.59 Å². The van der Waals surface area contributed by atoms with Crippen LogP contribution in [0.2, 0.25) is 0 Å². The highest BCUT2D eigenvalue weighted by Gasteiger charge is 2.39. The Labute approximate surface area is 147 Å². The van der Waals surface area contributed by atoms with Gasteiger partial charge >= 0.3 is 0 Å². The number of nitrogens with zero attached hydrogens (tertiary/aromatic N) is 2. The van der Waals surface area contributed by atoms with E-state index in [-0.39, 0.29) is 23.7 Å². The summed E-state index contributed by atoms with van der Waals surface area (Å²) in [5, 5.41) is 0. The first kappa shape index (κ1) is 16.2. The summed E-state index contributed by atoms with van der Waals surface area (Å²) in [6.07, 6.45) is 2.90. The highest BCUT2D eigenvalue weighted by Crippen LogP contribution is 2.35. The van der Waals surface area contributed by atoms with Crippen molar-refractivity contribution >= 4 is 23.5 Å². The second kappa shape index (κ2) is 6.89. The van der Waals surface area contributed by atoms with Crippen LogP contribution >= 0.6 is 11.8 Å². The van der Waals surface area contributed by atoms with Gasteiger partial charge in [0, 0.05) is 36.6 Å². The quantitative estimate of drug-likeness (QED) is 0.844. The number of hydrogen-bond acceptors (Lipinski definition) is 4. The van der Waals surface area contributed by atoms with E-state index in [0.29, 0.717) is 6.42 Å². The van der Waals surface area contributed by atoms with E-state index in [2.05, 4.69) is 9.80 Å². The molecule has 2 atom stereocenters. The fourth-order valence-corrected chi connectivity index (χ4v) is 5.29. The van der Waals surface area contributed by atoms with Crippen LogP contribution in [0.5, 0.6) is 0 Å². The van der Waals surface area contributed by atoms with Crippen molar-refractivity contribution in [1.82, 2.24) is 9.80 Å². The number of benzene rings is 1. The van der Waals surface area contributed by atoms with Gasteiger partial charge in [-0.25, -0.2) is 0 Å². The number of carbonyl (C=O) groups is 2. The summed E-state index contributed by atoms with van der Waals surface area (Å²) in [6.45, 7) is 4.12. The number of rotatable bonds is 3. The van der Waals surface area contributed by atoms with E-state index in [1.165, 1.54) is 12.8 Å². The smallest absolute Gasteiger partial charge is 0.230 e. The standard InChI is InChI=1S/C19H24N2O2S/c22-18-11-17(15-5-1-2-6-16(15)18)19(23)21-9-10-24-13-14(21)12-20-7-3-4-8-20/h1-2,5-6,14,17H,3-4,7-13H2. The van der Waals surface area contributed by atoms with Crippen LogP contribution < -0.4 is 0 Å². The van der Waals surface area contributed by atoms with E-state index >= 15 is 0 Å². The van der Waals surface area contributed by atoms with Gasteiger partial charge in [-0.2, -0.15) is 11.8 Å². The molecule has 0 N–H and O–H groups in total. The number of Topliss-reactive ketones (excluding diaryl/α,β-unsaturated/α-hetero) is 1. The molecule has 24 heavy (non-hydrogen) atoms. The Morgan fingerprint density at radius 1 is 1.17 bits per heavy atom. The fraction of sp³-hybridized carbons (Fsp3) is 0.579. The normalized spacial score (nSPS) is 27.5. The van der Waals surface area contributed by atoms with E-state index < -0.39 is 0 Å². The van der Waals surface area contributed by atoms with Crippen molar-refractivity contribution in [2.45, 2.75) is 31.2 Å². The van der Waals surface area contributed by atoms with Gasteiger partial charge in [-0.15, -0.1) is 0 Å². The third-order valence-corrected chi connectivity index (χ3v) is 6.59. The molecule has 0 spiro atoms. The van der Waals surface area contributed by atoms with Crippen molar-refractivity contribution in [3.05, 3.63) is 35.4 Å². The molecule has 1 amide bonds. The summed E-state index contributed by atoms with van der Waals surface area (Å²) < 4.78 is 0. The molecule has 2 saturated heterocycles. The number of carbonyl (C=O) groups excluding carboxylic acids is 2. The summed E-state index contributed by atoms with van der Waals surface area (Å²) in [4.78, 5) is 30.0. The average Bonchev–Trinajstić information content (AvgIpc) is 3.23. The molecule has 128 valence electrons. The first-order valence-corrected chi connectivity index (χ1v) is 10.1. The maximum atomic E-state index is 13.2. The van der Waals surface area contributed by atoms with Crippen molar-refractivity contribution in [1.29, 1.82) is 0 Å². The van der Waals surface area contributed by atoms with Gasteiger partial charge in [0.25, 0.3) is 0 Å². The van der Waals surface area contributed by atoms with Gasteiger partial charge in [0.2, 0.25) is 5.91 Å². The zero-order chi connectivity index (χ0) is 16.5. The second-order valence-corrected chi connectivity index (χ2v) is 8.19. The van der Waals surface area contributed by atoms with Crippen molar-refractivity contribution in [3.8, 4) is 0 Å². The van der Waals surface area contributed by atoms with Crippen LogP contribution in [0.25, 0.3) is 0 Å². The highest BCUT2D eigenvalue weighted by molar-refractivity contribution is 7.99. The summed E-state index contributed by atoms with van der Waals surface area (Å²) in [6, 6.07) is 7.93. The fourth-order valence-electron chi connectivity index (χ4n) is 4.24. The average molecular weight is 344 g/mol. The number of amides is 1. The summed E-state index contributed by atoms with van der Waals surface area (Å²) in [5.41, 5.74) is 1.68. The number of hydrogen-bond donors (Lipinski definition) is 0. The van der Waals surface area contributed by atoms with Crippen LogP contribution in [0.1, 0.15) is 41.1 Å². The molecule has 2 heterocycles. The number of likely N-dealkylation sites (tertiary alicyclic amines) is 1. The van der Waals surface area contributed by atoms with Gasteiger partial charge in [0.05, 0.1) is 12.0 Å². The Bertz CT molecular complexity index is 642. The van der Waals surface area contributed by atoms with Crippen LogP contribution in [-0.2, 0) is 4.79 Å². The van der Waals surface area contributed by atoms with E-state index in [4.69, 9.17) is 0 Å². The number of ketones is 1. The van der Waals surface area contributed by atoms with Crippen LogP contribution in [0.3, 0.4) is 0 Å². The second-order valence-electron chi connectivity index (χ2n) is 7.04. The lowest BCUT2D eigenvalue weighted by Crippen LogP contribution is -2.52. The van der Waals surface area contributed by atoms with E-state index in [1.807, 2.05) is 36.0 Å². The largest absolute Gasteiger partial charge is 0.336 e. The van der Waals surface area contributed by atoms with Crippen LogP contribution in [0, 0.1) is 0 Å². The molecule has 1 aromatic carbocycles. The van der Waals surface area contributed by atoms with Crippen molar-refractivity contribution in [3.63, 3.8) is 0 Å². The molecule has 2 aliphatic heterocycles. The molecule has 3 aliphatic rings. The zero-order valence-electron chi connectivity index (χ0n) is 13.9. The monoisotopic (exact) mass is 344 g/mol. The van der Waals surface area contributed by atoms with Crippen molar-refractivity contribution in [2.75, 3.05) is 37.7 Å². The van der Waals surface area contributed by atoms with Gasteiger partial charge in [-0.3, -0.25) is 9.59 Å². The molecule has 0 bridgehead atoms. The maximum Gasteiger partial charge on any atom is 0.230 e. The topological polar surface area (TPSA) is 40.6 Å². The van der Waals surface area contributed by atoms with Crippen LogP contribution in [0.4, 0.5) is 0 Å². The van der Waals surface area contributed by atoms with E-state index in [1.54, 1.807) is 0 Å². The lowest BCUT2D eigenvalue weighted by Gasteiger charge is -2.39. The summed E-state index contributed by atoms with van der Waals surface area (Å²) in [7, 11) is 0. The van der Waals surface area contributed by atoms with Gasteiger partial charge in [0.1, 0.15) is 0 Å². The summed E-state index contributed by atoms with van der Waals surface area (Å²) >= 11 is 1.95. The molecule has 1 aromatic rings. The molecule has 4 rings (SSSR count). The van der Waals surface area contributed by atoms with Gasteiger partial charge in [-0.05, 0) is 31.5 Å². The first-order chi connectivity index (χ1) is 11.7. The van der Waals surface area contributed by atoms with Gasteiger partial charge < -0.3 is 9.80 Å². The van der Waals surface area contributed by atoms with Gasteiger partial charge in [0.15, 0.2) is 5.78 Å². The molecular weight excluding hydrogens is 320 g/mol. The Morgan fingerprint density at radius 3 is 2.79 bits per heavy atom. The first-order valence-electron chi connectivity index (χ1n) is 8.97. The SMILES string of the molecule is O=C1CC(C(=O)N2CCSCC2CN2CCCC2)c2ccccc21. The third kappa shape index (κ3) is 3.00. The lowest BCUT2D eigenvalue weighted by atomic mass is 9.99. The van der Waals surface area contributed by atoms with Crippen molar-refractivity contribution in [2.24, 2.45) is 0 Å². The van der Waals surface area contributed by atoms with Gasteiger partial charge in [-0.1, -0.05) is 24.3 Å². The third-order valence-electron chi connectivity index (χ3n) is 5.50. The molecular formula is C19H24N2O2S. The Kier molecular flexibility index (Phi) is 4.63. The highest BCUT2D eigenvalue weighted by atomic mass is 32.2. The molecule has 5 heteroatoms. The predicted molar refractivity (Wildman–Crippen MR) is 96.6 cm³/mol. The number of fused-ring (bicyclic) bond motifs is 1. The molecule has 2 unspecified atom stereocenters. The predicted octanol–water partition coefficient (Wildman–Crippen LogP) is 2.40. The minimum atomic E-state index is -0.266. The maximum absolute atomic E-state index is 13.2. The molecule has 4 nitrogen and oxygen atoms in total. The Hall–Kier alpha value is -1.33. The molecule has 0 aromatic heterocycles. The minimum absolute atomic E-state index is 0.117. The Morgan fingerprint density at radius 2 is 1.96 bits per heavy atom. The van der Waals surface area contributed by atoms with E-state index in [0.717, 1.165) is 48.8 Å².